The minimum Gasteiger partial charge on any atom is -0.467 e. The van der Waals surface area contributed by atoms with E-state index in [1.807, 2.05) is 0 Å². The molecular formula is C6H11N3O3. The van der Waals surface area contributed by atoms with Gasteiger partial charge < -0.3 is 9.47 Å². The summed E-state index contributed by atoms with van der Waals surface area (Å²) in [5.74, 6) is -0.524. The number of hydrogen-bond donors (Lipinski definition) is 0. The number of carbonyl (C=O) groups is 1. The average molecular weight is 173 g/mol. The van der Waals surface area contributed by atoms with Crippen molar-refractivity contribution in [2.45, 2.75) is 13.0 Å². The number of ether oxygens (including phenoxy) is 2. The average Bonchev–Trinajstić information content (AvgIpc) is 2.11. The first kappa shape index (κ1) is 10.7. The molecule has 0 N–H and O–H groups in total. The smallest absolute Gasteiger partial charge is 0.335 e. The molecule has 6 heteroatoms. The second kappa shape index (κ2) is 6.45. The van der Waals surface area contributed by atoms with Crippen molar-refractivity contribution >= 4 is 5.97 Å². The predicted octanol–water partition coefficient (Wildman–Crippen LogP) is 0.875. The Morgan fingerprint density at radius 1 is 1.75 bits per heavy atom. The van der Waals surface area contributed by atoms with Gasteiger partial charge in [-0.05, 0) is 12.5 Å². The Bertz CT molecular complexity index is 188. The molecule has 0 aromatic rings. The highest BCUT2D eigenvalue weighted by Crippen LogP contribution is 1.96. The van der Waals surface area contributed by atoms with E-state index in [2.05, 4.69) is 14.8 Å². The molecule has 0 bridgehead atoms. The quantitative estimate of drug-likeness (QED) is 0.267. The second-order valence-corrected chi connectivity index (χ2v) is 1.88. The first-order chi connectivity index (χ1) is 5.76. The van der Waals surface area contributed by atoms with E-state index < -0.39 is 12.1 Å². The van der Waals surface area contributed by atoms with Crippen LogP contribution in [0.25, 0.3) is 10.4 Å². The van der Waals surface area contributed by atoms with Gasteiger partial charge in [0.05, 0.1) is 13.7 Å². The standard InChI is InChI=1S/C6H11N3O3/c1-3-12-5(4-8-9-7)6(10)11-2/h5H,3-4H2,1-2H3. The van der Waals surface area contributed by atoms with E-state index in [9.17, 15) is 4.79 Å². The lowest BCUT2D eigenvalue weighted by Crippen LogP contribution is -2.28. The third kappa shape index (κ3) is 3.80. The van der Waals surface area contributed by atoms with Gasteiger partial charge in [0, 0.05) is 11.5 Å². The summed E-state index contributed by atoms with van der Waals surface area (Å²) in [6, 6.07) is 0. The molecule has 6 nitrogen and oxygen atoms in total. The first-order valence-corrected chi connectivity index (χ1v) is 3.46. The fraction of sp³-hybridized carbons (Fsp3) is 0.833. The Kier molecular flexibility index (Phi) is 5.77. The van der Waals surface area contributed by atoms with Crippen molar-refractivity contribution in [3.63, 3.8) is 0 Å². The molecule has 0 amide bonds. The van der Waals surface area contributed by atoms with Gasteiger partial charge in [-0.1, -0.05) is 5.11 Å². The number of methoxy groups -OCH3 is 1. The van der Waals surface area contributed by atoms with Crippen molar-refractivity contribution in [2.75, 3.05) is 20.3 Å². The largest absolute Gasteiger partial charge is 0.467 e. The van der Waals surface area contributed by atoms with Crippen LogP contribution in [0.1, 0.15) is 6.92 Å². The van der Waals surface area contributed by atoms with Crippen LogP contribution in [0.15, 0.2) is 5.11 Å². The van der Waals surface area contributed by atoms with Crippen molar-refractivity contribution in [1.82, 2.24) is 0 Å². The zero-order valence-electron chi connectivity index (χ0n) is 7.06. The van der Waals surface area contributed by atoms with E-state index in [1.165, 1.54) is 7.11 Å². The van der Waals surface area contributed by atoms with Gasteiger partial charge >= 0.3 is 5.97 Å². The Labute approximate surface area is 70.1 Å². The fourth-order valence-corrected chi connectivity index (χ4v) is 0.639. The number of nitrogens with zero attached hydrogens (tertiary/aromatic N) is 3. The van der Waals surface area contributed by atoms with Crippen LogP contribution >= 0.6 is 0 Å². The lowest BCUT2D eigenvalue weighted by atomic mass is 10.3. The molecule has 12 heavy (non-hydrogen) atoms. The monoisotopic (exact) mass is 173 g/mol. The number of azide groups is 1. The molecule has 0 aliphatic heterocycles. The number of carbonyl (C=O) groups excluding carboxylic acids is 1. The van der Waals surface area contributed by atoms with Crippen molar-refractivity contribution in [3.05, 3.63) is 10.4 Å². The topological polar surface area (TPSA) is 84.3 Å². The number of hydrogen-bond acceptors (Lipinski definition) is 4. The van der Waals surface area contributed by atoms with E-state index in [4.69, 9.17) is 10.3 Å². The molecule has 0 saturated heterocycles. The summed E-state index contributed by atoms with van der Waals surface area (Å²) < 4.78 is 9.37. The molecular weight excluding hydrogens is 162 g/mol. The van der Waals surface area contributed by atoms with Crippen molar-refractivity contribution in [2.24, 2.45) is 5.11 Å². The highest BCUT2D eigenvalue weighted by Gasteiger charge is 2.17. The van der Waals surface area contributed by atoms with Crippen LogP contribution in [0.4, 0.5) is 0 Å². The Balaban J connectivity index is 4.01. The first-order valence-electron chi connectivity index (χ1n) is 3.46. The van der Waals surface area contributed by atoms with Gasteiger partial charge in [-0.15, -0.1) is 0 Å². The van der Waals surface area contributed by atoms with Crippen LogP contribution < -0.4 is 0 Å². The zero-order valence-corrected chi connectivity index (χ0v) is 7.06. The maximum Gasteiger partial charge on any atom is 0.335 e. The molecule has 0 aliphatic carbocycles. The van der Waals surface area contributed by atoms with Crippen LogP contribution in [-0.4, -0.2) is 32.3 Å². The summed E-state index contributed by atoms with van der Waals surface area (Å²) in [6.45, 7) is 2.09. The molecule has 0 aliphatic rings. The molecule has 0 heterocycles. The minimum absolute atomic E-state index is 0.0307. The number of rotatable bonds is 5. The fourth-order valence-electron chi connectivity index (χ4n) is 0.639. The van der Waals surface area contributed by atoms with E-state index in [0.717, 1.165) is 0 Å². The van der Waals surface area contributed by atoms with E-state index >= 15 is 0 Å². The summed E-state index contributed by atoms with van der Waals surface area (Å²) in [4.78, 5) is 13.4. The SMILES string of the molecule is CCOC(CN=[N+]=[N-])C(=O)OC. The summed E-state index contributed by atoms with van der Waals surface area (Å²) in [7, 11) is 1.25. The molecule has 1 atom stereocenters. The maximum atomic E-state index is 10.9. The molecule has 0 aromatic carbocycles. The Morgan fingerprint density at radius 3 is 2.83 bits per heavy atom. The van der Waals surface area contributed by atoms with Gasteiger partial charge in [0.1, 0.15) is 0 Å². The van der Waals surface area contributed by atoms with Gasteiger partial charge in [-0.25, -0.2) is 4.79 Å². The summed E-state index contributed by atoms with van der Waals surface area (Å²) in [5.41, 5.74) is 7.99. The van der Waals surface area contributed by atoms with E-state index in [0.29, 0.717) is 6.61 Å². The van der Waals surface area contributed by atoms with E-state index in [1.54, 1.807) is 6.92 Å². The summed E-state index contributed by atoms with van der Waals surface area (Å²) in [5, 5.41) is 3.21. The molecule has 0 aromatic heterocycles. The molecule has 0 spiro atoms. The highest BCUT2D eigenvalue weighted by atomic mass is 16.6. The minimum atomic E-state index is -0.782. The van der Waals surface area contributed by atoms with Gasteiger partial charge in [0.25, 0.3) is 0 Å². The maximum absolute atomic E-state index is 10.9. The highest BCUT2D eigenvalue weighted by molar-refractivity contribution is 5.74. The van der Waals surface area contributed by atoms with Crippen LogP contribution in [-0.2, 0) is 14.3 Å². The summed E-state index contributed by atoms with van der Waals surface area (Å²) in [6.07, 6.45) is -0.782. The molecule has 0 radical (unpaired) electrons. The van der Waals surface area contributed by atoms with E-state index in [-0.39, 0.29) is 6.54 Å². The zero-order chi connectivity index (χ0) is 9.40. The lowest BCUT2D eigenvalue weighted by Gasteiger charge is -2.10. The van der Waals surface area contributed by atoms with Crippen molar-refractivity contribution in [1.29, 1.82) is 0 Å². The lowest BCUT2D eigenvalue weighted by molar-refractivity contribution is -0.153. The summed E-state index contributed by atoms with van der Waals surface area (Å²) >= 11 is 0. The molecule has 0 fully saturated rings. The third-order valence-electron chi connectivity index (χ3n) is 1.14. The van der Waals surface area contributed by atoms with Crippen LogP contribution in [0, 0.1) is 0 Å². The second-order valence-electron chi connectivity index (χ2n) is 1.88. The molecule has 0 rings (SSSR count). The molecule has 1 unspecified atom stereocenters. The van der Waals surface area contributed by atoms with Crippen LogP contribution in [0.2, 0.25) is 0 Å². The Hall–Kier alpha value is -1.26. The van der Waals surface area contributed by atoms with Gasteiger partial charge in [-0.2, -0.15) is 0 Å². The van der Waals surface area contributed by atoms with Gasteiger partial charge in [-0.3, -0.25) is 0 Å². The van der Waals surface area contributed by atoms with Crippen molar-refractivity contribution < 1.29 is 14.3 Å². The normalized spacial score (nSPS) is 11.5. The molecule has 0 saturated carbocycles. The van der Waals surface area contributed by atoms with Crippen molar-refractivity contribution in [3.8, 4) is 0 Å². The third-order valence-corrected chi connectivity index (χ3v) is 1.14. The van der Waals surface area contributed by atoms with Crippen LogP contribution in [0.5, 0.6) is 0 Å². The Morgan fingerprint density at radius 2 is 2.42 bits per heavy atom. The van der Waals surface area contributed by atoms with Gasteiger partial charge in [0.2, 0.25) is 0 Å². The predicted molar refractivity (Wildman–Crippen MR) is 41.4 cm³/mol. The number of esters is 1. The molecule has 68 valence electrons. The van der Waals surface area contributed by atoms with Gasteiger partial charge in [0.15, 0.2) is 6.10 Å². The van der Waals surface area contributed by atoms with Crippen LogP contribution in [0.3, 0.4) is 0 Å².